The number of hydrogen-bond donors (Lipinski definition) is 0. The molecule has 0 aliphatic carbocycles. The van der Waals surface area contributed by atoms with Crippen molar-refractivity contribution in [3.05, 3.63) is 45.1 Å². The summed E-state index contributed by atoms with van der Waals surface area (Å²) in [7, 11) is 7.21. The first-order valence-corrected chi connectivity index (χ1v) is 8.54. The van der Waals surface area contributed by atoms with Crippen LogP contribution in [-0.2, 0) is 11.2 Å². The molecule has 1 aromatic carbocycles. The van der Waals surface area contributed by atoms with Gasteiger partial charge in [-0.25, -0.2) is 4.79 Å². The Hall–Kier alpha value is -1.75. The highest BCUT2D eigenvalue weighted by atomic mass is 32.1. The second-order valence-corrected chi connectivity index (χ2v) is 5.98. The molecule has 0 amide bonds. The summed E-state index contributed by atoms with van der Waals surface area (Å²) in [4.78, 5) is 12.9. The molecule has 0 N–H and O–H groups in total. The first kappa shape index (κ1) is 19.3. The Balaban J connectivity index is 0.00000127. The lowest BCUT2D eigenvalue weighted by Gasteiger charge is -2.12. The molecule has 2 rings (SSSR count). The fourth-order valence-electron chi connectivity index (χ4n) is 2.05. The van der Waals surface area contributed by atoms with E-state index in [1.807, 2.05) is 20.8 Å². The van der Waals surface area contributed by atoms with Gasteiger partial charge in [-0.3, -0.25) is 0 Å². The zero-order chi connectivity index (χ0) is 17.4. The Kier molecular flexibility index (Phi) is 7.89. The minimum atomic E-state index is -0.434. The van der Waals surface area contributed by atoms with Gasteiger partial charge in [0.15, 0.2) is 0 Å². The Labute approximate surface area is 144 Å². The van der Waals surface area contributed by atoms with E-state index < -0.39 is 5.97 Å². The molecule has 0 aliphatic heterocycles. The van der Waals surface area contributed by atoms with E-state index in [0.717, 1.165) is 12.0 Å². The number of ether oxygens (including phenoxy) is 2. The number of rotatable bonds is 5. The van der Waals surface area contributed by atoms with Crippen molar-refractivity contribution >= 4 is 30.6 Å². The second-order valence-electron chi connectivity index (χ2n) is 4.86. The van der Waals surface area contributed by atoms with Crippen LogP contribution in [0, 0.1) is 13.8 Å². The highest BCUT2D eigenvalue weighted by Gasteiger charge is 2.12. The average molecular weight is 330 g/mol. The van der Waals surface area contributed by atoms with Crippen molar-refractivity contribution in [3.8, 4) is 5.75 Å². The van der Waals surface area contributed by atoms with Crippen molar-refractivity contribution in [1.82, 2.24) is 0 Å². The van der Waals surface area contributed by atoms with Crippen LogP contribution in [0.15, 0.2) is 23.6 Å². The summed E-state index contributed by atoms with van der Waals surface area (Å²) >= 11 is 1.74. The van der Waals surface area contributed by atoms with Gasteiger partial charge < -0.3 is 9.47 Å². The van der Waals surface area contributed by atoms with Gasteiger partial charge >= 0.3 is 5.97 Å². The number of aryl methyl sites for hydroxylation is 2. The van der Waals surface area contributed by atoms with E-state index in [2.05, 4.69) is 18.4 Å². The topological polar surface area (TPSA) is 35.5 Å². The van der Waals surface area contributed by atoms with E-state index in [4.69, 9.17) is 17.3 Å². The Bertz CT molecular complexity index is 650. The number of methoxy groups -OCH3 is 1. The Morgan fingerprint density at radius 2 is 1.91 bits per heavy atom. The monoisotopic (exact) mass is 330 g/mol. The molecule has 1 heterocycles. The normalized spacial score (nSPS) is 9.78. The molecule has 0 saturated heterocycles. The summed E-state index contributed by atoms with van der Waals surface area (Å²) in [5.74, 6) is 0.267. The van der Waals surface area contributed by atoms with Gasteiger partial charge in [-0.15, -0.1) is 11.3 Å². The summed E-state index contributed by atoms with van der Waals surface area (Å²) in [6.45, 7) is 8.55. The fourth-order valence-corrected chi connectivity index (χ4v) is 2.80. The lowest BCUT2D eigenvalue weighted by Crippen LogP contribution is -2.18. The molecule has 0 atom stereocenters. The molecule has 0 fully saturated rings. The first-order chi connectivity index (χ1) is 11.0. The molecule has 23 heavy (non-hydrogen) atoms. The summed E-state index contributed by atoms with van der Waals surface area (Å²) in [5, 5.41) is 2.14. The minimum Gasteiger partial charge on any atom is -0.493 e. The van der Waals surface area contributed by atoms with Crippen molar-refractivity contribution in [1.29, 1.82) is 0 Å². The average Bonchev–Trinajstić information content (AvgIpc) is 2.97. The van der Waals surface area contributed by atoms with Crippen molar-refractivity contribution in [2.75, 3.05) is 13.7 Å². The fraction of sp³-hybridized carbons (Fsp3) is 0.389. The summed E-state index contributed by atoms with van der Waals surface area (Å²) in [5.41, 5.74) is 2.88. The van der Waals surface area contributed by atoms with Gasteiger partial charge in [0, 0.05) is 11.3 Å². The maximum atomic E-state index is 11.6. The molecule has 0 unspecified atom stereocenters. The largest absolute Gasteiger partial charge is 0.493 e. The predicted octanol–water partition coefficient (Wildman–Crippen LogP) is 3.59. The molecule has 2 aromatic rings. The van der Waals surface area contributed by atoms with Gasteiger partial charge in [0.2, 0.25) is 0 Å². The predicted molar refractivity (Wildman–Crippen MR) is 97.5 cm³/mol. The molecule has 0 bridgehead atoms. The third kappa shape index (κ3) is 5.43. The van der Waals surface area contributed by atoms with Crippen LogP contribution in [0.2, 0.25) is 0 Å². The molecule has 1 aromatic heterocycles. The molecule has 5 heteroatoms. The van der Waals surface area contributed by atoms with Crippen LogP contribution in [0.5, 0.6) is 5.75 Å². The van der Waals surface area contributed by atoms with Crippen LogP contribution in [0.4, 0.5) is 0 Å². The highest BCUT2D eigenvalue weighted by molar-refractivity contribution is 7.10. The van der Waals surface area contributed by atoms with Crippen LogP contribution < -0.4 is 10.2 Å². The number of carbonyl (C=O) groups excluding carboxylic acids is 1. The van der Waals surface area contributed by atoms with Crippen LogP contribution >= 0.6 is 11.3 Å². The smallest absolute Gasteiger partial charge is 0.337 e. The molecule has 2 radical (unpaired) electrons. The minimum absolute atomic E-state index is 0.369. The SMILES string of the molecule is CC.[B]c1cc(OCCc2csc(C)c2)c(C)cc1C(=O)OC. The molecule has 0 aliphatic rings. The first-order valence-electron chi connectivity index (χ1n) is 7.66. The molecule has 0 spiro atoms. The molecule has 122 valence electrons. The highest BCUT2D eigenvalue weighted by Crippen LogP contribution is 2.19. The van der Waals surface area contributed by atoms with E-state index in [1.54, 1.807) is 23.5 Å². The van der Waals surface area contributed by atoms with Gasteiger partial charge in [0.25, 0.3) is 0 Å². The summed E-state index contributed by atoms with van der Waals surface area (Å²) in [6.07, 6.45) is 0.850. The van der Waals surface area contributed by atoms with Crippen molar-refractivity contribution in [2.45, 2.75) is 34.1 Å². The van der Waals surface area contributed by atoms with Gasteiger partial charge in [-0.1, -0.05) is 19.3 Å². The van der Waals surface area contributed by atoms with Crippen molar-refractivity contribution < 1.29 is 14.3 Å². The third-order valence-corrected chi connectivity index (χ3v) is 4.10. The lowest BCUT2D eigenvalue weighted by molar-refractivity contribution is 0.0602. The number of esters is 1. The van der Waals surface area contributed by atoms with Crippen LogP contribution in [0.3, 0.4) is 0 Å². The maximum absolute atomic E-state index is 11.6. The van der Waals surface area contributed by atoms with Crippen molar-refractivity contribution in [2.24, 2.45) is 0 Å². The Morgan fingerprint density at radius 1 is 1.22 bits per heavy atom. The summed E-state index contributed by atoms with van der Waals surface area (Å²) in [6, 6.07) is 5.54. The van der Waals surface area contributed by atoms with E-state index in [-0.39, 0.29) is 0 Å². The van der Waals surface area contributed by atoms with Crippen LogP contribution in [0.25, 0.3) is 0 Å². The van der Waals surface area contributed by atoms with Crippen molar-refractivity contribution in [3.63, 3.8) is 0 Å². The van der Waals surface area contributed by atoms with Crippen LogP contribution in [-0.4, -0.2) is 27.5 Å². The van der Waals surface area contributed by atoms with Gasteiger partial charge in [-0.05, 0) is 48.6 Å². The maximum Gasteiger partial charge on any atom is 0.337 e. The van der Waals surface area contributed by atoms with Gasteiger partial charge in [-0.2, -0.15) is 0 Å². The molecular weight excluding hydrogens is 307 g/mol. The van der Waals surface area contributed by atoms with E-state index >= 15 is 0 Å². The van der Waals surface area contributed by atoms with Crippen LogP contribution in [0.1, 0.15) is 40.2 Å². The number of carbonyl (C=O) groups is 1. The number of benzene rings is 1. The number of thiophene rings is 1. The van der Waals surface area contributed by atoms with E-state index in [0.29, 0.717) is 23.4 Å². The third-order valence-electron chi connectivity index (χ3n) is 3.19. The zero-order valence-electron chi connectivity index (χ0n) is 14.4. The zero-order valence-corrected chi connectivity index (χ0v) is 15.3. The molecule has 0 saturated carbocycles. The molecule has 3 nitrogen and oxygen atoms in total. The Morgan fingerprint density at radius 3 is 2.48 bits per heavy atom. The lowest BCUT2D eigenvalue weighted by atomic mass is 9.89. The van der Waals surface area contributed by atoms with E-state index in [1.165, 1.54) is 17.6 Å². The standard InChI is InChI=1S/C16H17BO3S.C2H6/c1-10-6-13(16(18)19-3)14(17)8-15(10)20-5-4-12-7-11(2)21-9-12;1-2/h6-9H,4-5H2,1-3H3;1-2H3. The van der Waals surface area contributed by atoms with E-state index in [9.17, 15) is 4.79 Å². The number of hydrogen-bond acceptors (Lipinski definition) is 4. The second kappa shape index (κ2) is 9.41. The summed E-state index contributed by atoms with van der Waals surface area (Å²) < 4.78 is 10.5. The molecular formula is C18H23BO3S. The quantitative estimate of drug-likeness (QED) is 0.621. The van der Waals surface area contributed by atoms with Gasteiger partial charge in [0.1, 0.15) is 13.6 Å². The van der Waals surface area contributed by atoms with Gasteiger partial charge in [0.05, 0.1) is 19.3 Å².